The Bertz CT molecular complexity index is 500. The molecule has 0 fully saturated rings. The van der Waals surface area contributed by atoms with Crippen LogP contribution in [0.15, 0.2) is 30.6 Å². The van der Waals surface area contributed by atoms with Crippen LogP contribution in [0, 0.1) is 0 Å². The predicted molar refractivity (Wildman–Crippen MR) is 67.7 cm³/mol. The number of nitrogens with zero attached hydrogens (tertiary/aromatic N) is 2. The minimum atomic E-state index is 0.454. The van der Waals surface area contributed by atoms with Crippen molar-refractivity contribution in [3.05, 3.63) is 41.2 Å². The maximum Gasteiger partial charge on any atom is 0.0568 e. The van der Waals surface area contributed by atoms with Gasteiger partial charge in [-0.25, -0.2) is 0 Å². The Kier molecular flexibility index (Phi) is 3.01. The Balaban J connectivity index is 2.42. The zero-order valence-corrected chi connectivity index (χ0v) is 10.5. The molecule has 0 amide bonds. The van der Waals surface area contributed by atoms with Crippen molar-refractivity contribution in [3.63, 3.8) is 0 Å². The van der Waals surface area contributed by atoms with E-state index in [1.165, 1.54) is 5.56 Å². The van der Waals surface area contributed by atoms with Crippen molar-refractivity contribution in [2.75, 3.05) is 0 Å². The molecule has 0 aliphatic carbocycles. The summed E-state index contributed by atoms with van der Waals surface area (Å²) in [6.45, 7) is 4.29. The predicted octanol–water partition coefficient (Wildman–Crippen LogP) is 3.86. The normalized spacial score (nSPS) is 11.1. The molecule has 0 unspecified atom stereocenters. The molecule has 1 heterocycles. The van der Waals surface area contributed by atoms with Crippen molar-refractivity contribution < 1.29 is 0 Å². The second-order valence-corrected chi connectivity index (χ2v) is 4.70. The van der Waals surface area contributed by atoms with E-state index in [4.69, 9.17) is 11.6 Å². The molecular weight excluding hydrogens is 220 g/mol. The number of halogens is 1. The highest BCUT2D eigenvalue weighted by atomic mass is 35.5. The molecule has 2 nitrogen and oxygen atoms in total. The fraction of sp³-hybridized carbons (Fsp3) is 0.308. The van der Waals surface area contributed by atoms with Crippen LogP contribution >= 0.6 is 11.6 Å². The summed E-state index contributed by atoms with van der Waals surface area (Å²) in [6, 6.07) is 6.20. The molecule has 84 valence electrons. The van der Waals surface area contributed by atoms with Crippen LogP contribution in [0.4, 0.5) is 0 Å². The van der Waals surface area contributed by atoms with E-state index >= 15 is 0 Å². The summed E-state index contributed by atoms with van der Waals surface area (Å²) in [4.78, 5) is 0. The van der Waals surface area contributed by atoms with E-state index in [1.807, 2.05) is 25.5 Å². The summed E-state index contributed by atoms with van der Waals surface area (Å²) in [7, 11) is 1.91. The molecule has 0 spiro atoms. The van der Waals surface area contributed by atoms with Gasteiger partial charge in [-0.15, -0.1) is 0 Å². The van der Waals surface area contributed by atoms with Crippen molar-refractivity contribution in [1.82, 2.24) is 9.78 Å². The highest BCUT2D eigenvalue weighted by Crippen LogP contribution is 2.29. The first-order valence-corrected chi connectivity index (χ1v) is 5.74. The molecule has 0 saturated carbocycles. The molecule has 1 aromatic heterocycles. The van der Waals surface area contributed by atoms with Gasteiger partial charge >= 0.3 is 0 Å². The van der Waals surface area contributed by atoms with Gasteiger partial charge in [0.05, 0.1) is 6.20 Å². The van der Waals surface area contributed by atoms with Crippen molar-refractivity contribution >= 4 is 11.6 Å². The zero-order chi connectivity index (χ0) is 11.7. The molecule has 0 aliphatic heterocycles. The molecule has 1 aromatic carbocycles. The summed E-state index contributed by atoms with van der Waals surface area (Å²) >= 11 is 6.25. The topological polar surface area (TPSA) is 17.8 Å². The number of aryl methyl sites for hydroxylation is 1. The second-order valence-electron chi connectivity index (χ2n) is 4.29. The van der Waals surface area contributed by atoms with E-state index in [0.717, 1.165) is 16.1 Å². The van der Waals surface area contributed by atoms with Crippen LogP contribution in [-0.2, 0) is 7.05 Å². The third-order valence-electron chi connectivity index (χ3n) is 2.66. The van der Waals surface area contributed by atoms with Crippen molar-refractivity contribution in [1.29, 1.82) is 0 Å². The van der Waals surface area contributed by atoms with Crippen LogP contribution in [0.25, 0.3) is 11.1 Å². The number of aromatic nitrogens is 2. The van der Waals surface area contributed by atoms with Crippen molar-refractivity contribution in [2.45, 2.75) is 19.8 Å². The first-order chi connectivity index (χ1) is 7.58. The summed E-state index contributed by atoms with van der Waals surface area (Å²) in [6.07, 6.45) is 3.83. The Hall–Kier alpha value is -1.28. The Morgan fingerprint density at radius 1 is 1.25 bits per heavy atom. The van der Waals surface area contributed by atoms with E-state index in [-0.39, 0.29) is 0 Å². The lowest BCUT2D eigenvalue weighted by Crippen LogP contribution is -1.89. The van der Waals surface area contributed by atoms with Gasteiger partial charge in [0.25, 0.3) is 0 Å². The van der Waals surface area contributed by atoms with E-state index in [0.29, 0.717) is 5.92 Å². The van der Waals surface area contributed by atoms with E-state index in [2.05, 4.69) is 31.1 Å². The van der Waals surface area contributed by atoms with Crippen molar-refractivity contribution in [3.8, 4) is 11.1 Å². The van der Waals surface area contributed by atoms with E-state index in [9.17, 15) is 0 Å². The third kappa shape index (κ3) is 2.12. The molecule has 0 atom stereocenters. The largest absolute Gasteiger partial charge is 0.275 e. The van der Waals surface area contributed by atoms with Gasteiger partial charge in [-0.3, -0.25) is 4.68 Å². The molecule has 0 saturated heterocycles. The Morgan fingerprint density at radius 3 is 2.50 bits per heavy atom. The van der Waals surface area contributed by atoms with Gasteiger partial charge in [-0.1, -0.05) is 37.6 Å². The Labute approximate surface area is 101 Å². The van der Waals surface area contributed by atoms with E-state index in [1.54, 1.807) is 4.68 Å². The van der Waals surface area contributed by atoms with Crippen molar-refractivity contribution in [2.24, 2.45) is 7.05 Å². The maximum atomic E-state index is 6.25. The minimum Gasteiger partial charge on any atom is -0.275 e. The number of hydrogen-bond acceptors (Lipinski definition) is 1. The molecule has 16 heavy (non-hydrogen) atoms. The lowest BCUT2D eigenvalue weighted by atomic mass is 10.00. The molecule has 0 bridgehead atoms. The molecular formula is C13H15ClN2. The van der Waals surface area contributed by atoms with Gasteiger partial charge in [0, 0.05) is 23.8 Å². The number of hydrogen-bond donors (Lipinski definition) is 0. The third-order valence-corrected chi connectivity index (χ3v) is 2.99. The first-order valence-electron chi connectivity index (χ1n) is 5.36. The highest BCUT2D eigenvalue weighted by Gasteiger charge is 2.07. The summed E-state index contributed by atoms with van der Waals surface area (Å²) in [5.41, 5.74) is 3.40. The fourth-order valence-electron chi connectivity index (χ4n) is 1.75. The summed E-state index contributed by atoms with van der Waals surface area (Å²) in [5.74, 6) is 0.454. The van der Waals surface area contributed by atoms with Gasteiger partial charge in [0.1, 0.15) is 0 Å². The van der Waals surface area contributed by atoms with Gasteiger partial charge in [-0.2, -0.15) is 5.10 Å². The molecule has 2 rings (SSSR count). The van der Waals surface area contributed by atoms with Crippen LogP contribution in [0.1, 0.15) is 25.3 Å². The van der Waals surface area contributed by atoms with Crippen LogP contribution in [0.3, 0.4) is 0 Å². The molecule has 2 aromatic rings. The standard InChI is InChI=1S/C13H15ClN2/c1-9(2)12-5-4-10(6-13(12)14)11-7-15-16(3)8-11/h4-9H,1-3H3. The smallest absolute Gasteiger partial charge is 0.0568 e. The summed E-state index contributed by atoms with van der Waals surface area (Å²) in [5, 5.41) is 4.98. The second kappa shape index (κ2) is 4.30. The molecule has 3 heteroatoms. The van der Waals surface area contributed by atoms with Gasteiger partial charge in [0.15, 0.2) is 0 Å². The average Bonchev–Trinajstić information content (AvgIpc) is 2.64. The highest BCUT2D eigenvalue weighted by molar-refractivity contribution is 6.31. The molecule has 0 N–H and O–H groups in total. The molecule has 0 radical (unpaired) electrons. The molecule has 0 aliphatic rings. The fourth-order valence-corrected chi connectivity index (χ4v) is 2.14. The zero-order valence-electron chi connectivity index (χ0n) is 9.74. The van der Waals surface area contributed by atoms with Crippen LogP contribution < -0.4 is 0 Å². The monoisotopic (exact) mass is 234 g/mol. The van der Waals surface area contributed by atoms with Gasteiger partial charge in [-0.05, 0) is 23.1 Å². The Morgan fingerprint density at radius 2 is 2.00 bits per heavy atom. The lowest BCUT2D eigenvalue weighted by molar-refractivity contribution is 0.768. The number of benzene rings is 1. The number of rotatable bonds is 2. The van der Waals surface area contributed by atoms with Crippen LogP contribution in [0.2, 0.25) is 5.02 Å². The first kappa shape index (κ1) is 11.2. The summed E-state index contributed by atoms with van der Waals surface area (Å²) < 4.78 is 1.79. The lowest BCUT2D eigenvalue weighted by Gasteiger charge is -2.09. The maximum absolute atomic E-state index is 6.25. The van der Waals surface area contributed by atoms with Gasteiger partial charge in [0.2, 0.25) is 0 Å². The average molecular weight is 235 g/mol. The SMILES string of the molecule is CC(C)c1ccc(-c2cnn(C)c2)cc1Cl. The van der Waals surface area contributed by atoms with Crippen LogP contribution in [0.5, 0.6) is 0 Å². The quantitative estimate of drug-likeness (QED) is 0.772. The van der Waals surface area contributed by atoms with Crippen LogP contribution in [-0.4, -0.2) is 9.78 Å². The van der Waals surface area contributed by atoms with Gasteiger partial charge < -0.3 is 0 Å². The van der Waals surface area contributed by atoms with E-state index < -0.39 is 0 Å². The minimum absolute atomic E-state index is 0.454.